The van der Waals surface area contributed by atoms with Gasteiger partial charge < -0.3 is 10.1 Å². The molecule has 0 aliphatic rings. The van der Waals surface area contributed by atoms with Gasteiger partial charge in [0.1, 0.15) is 17.3 Å². The van der Waals surface area contributed by atoms with Gasteiger partial charge in [0.05, 0.1) is 12.8 Å². The van der Waals surface area contributed by atoms with Crippen molar-refractivity contribution in [3.05, 3.63) is 52.2 Å². The summed E-state index contributed by atoms with van der Waals surface area (Å²) in [6, 6.07) is 6.18. The summed E-state index contributed by atoms with van der Waals surface area (Å²) in [4.78, 5) is 22.7. The van der Waals surface area contributed by atoms with Crippen LogP contribution in [0.5, 0.6) is 5.75 Å². The number of nitrogens with zero attached hydrogens (tertiary/aromatic N) is 1. The van der Waals surface area contributed by atoms with Crippen LogP contribution in [0.1, 0.15) is 10.5 Å². The van der Waals surface area contributed by atoms with Crippen LogP contribution in [-0.2, 0) is 0 Å². The molecule has 2 rings (SSSR count). The van der Waals surface area contributed by atoms with E-state index in [1.165, 1.54) is 31.4 Å². The normalized spacial score (nSPS) is 10.0. The Morgan fingerprint density at radius 1 is 1.37 bits per heavy atom. The molecule has 0 atom stereocenters. The van der Waals surface area contributed by atoms with E-state index in [4.69, 9.17) is 4.74 Å². The molecule has 0 aliphatic heterocycles. The third-order valence-corrected chi connectivity index (χ3v) is 2.32. The van der Waals surface area contributed by atoms with Crippen molar-refractivity contribution < 1.29 is 13.9 Å². The van der Waals surface area contributed by atoms with Crippen molar-refractivity contribution in [1.82, 2.24) is 10.2 Å². The third kappa shape index (κ3) is 2.95. The third-order valence-electron chi connectivity index (χ3n) is 2.32. The minimum Gasteiger partial charge on any atom is -0.494 e. The van der Waals surface area contributed by atoms with Crippen LogP contribution in [0.3, 0.4) is 0 Å². The second kappa shape index (κ2) is 5.30. The lowest BCUT2D eigenvalue weighted by molar-refractivity contribution is 0.102. The number of methoxy groups -OCH3 is 1. The summed E-state index contributed by atoms with van der Waals surface area (Å²) in [7, 11) is 1.36. The number of hydrogen-bond donors (Lipinski definition) is 2. The molecule has 0 aliphatic carbocycles. The fourth-order valence-electron chi connectivity index (χ4n) is 1.43. The van der Waals surface area contributed by atoms with Crippen LogP contribution in [0.2, 0.25) is 0 Å². The number of halogens is 1. The Hall–Kier alpha value is -2.70. The number of nitrogens with one attached hydrogen (secondary N) is 2. The predicted octanol–water partition coefficient (Wildman–Crippen LogP) is 1.17. The molecule has 98 valence electrons. The topological polar surface area (TPSA) is 84.1 Å². The molecule has 0 saturated carbocycles. The minimum absolute atomic E-state index is 0.0333. The second-order valence-electron chi connectivity index (χ2n) is 3.61. The molecule has 1 aromatic heterocycles. The van der Waals surface area contributed by atoms with Gasteiger partial charge in [-0.2, -0.15) is 5.10 Å². The molecule has 1 aromatic carbocycles. The number of H-pyrrole nitrogens is 1. The Morgan fingerprint density at radius 3 is 2.79 bits per heavy atom. The summed E-state index contributed by atoms with van der Waals surface area (Å²) >= 11 is 0. The van der Waals surface area contributed by atoms with Crippen LogP contribution in [-0.4, -0.2) is 23.2 Å². The molecule has 0 spiro atoms. The fourth-order valence-corrected chi connectivity index (χ4v) is 1.43. The molecule has 0 radical (unpaired) electrons. The zero-order valence-corrected chi connectivity index (χ0v) is 9.94. The molecule has 2 N–H and O–H groups in total. The molecule has 1 amide bonds. The number of carbonyl (C=O) groups is 1. The van der Waals surface area contributed by atoms with E-state index in [0.717, 1.165) is 6.07 Å². The van der Waals surface area contributed by atoms with Gasteiger partial charge in [0.15, 0.2) is 0 Å². The van der Waals surface area contributed by atoms with Crippen molar-refractivity contribution in [1.29, 1.82) is 0 Å². The highest BCUT2D eigenvalue weighted by molar-refractivity contribution is 6.03. The molecule has 2 aromatic rings. The fraction of sp³-hybridized carbons (Fsp3) is 0.0833. The molecule has 0 saturated heterocycles. The summed E-state index contributed by atoms with van der Waals surface area (Å²) in [6.45, 7) is 0. The number of aromatic nitrogens is 2. The predicted molar refractivity (Wildman–Crippen MR) is 65.8 cm³/mol. The number of aromatic amines is 1. The van der Waals surface area contributed by atoms with Gasteiger partial charge in [-0.05, 0) is 18.2 Å². The van der Waals surface area contributed by atoms with Crippen molar-refractivity contribution in [3.8, 4) is 5.75 Å². The average Bonchev–Trinajstić information content (AvgIpc) is 2.41. The minimum atomic E-state index is -0.541. The van der Waals surface area contributed by atoms with Gasteiger partial charge in [-0.15, -0.1) is 0 Å². The largest absolute Gasteiger partial charge is 0.494 e. The molecular weight excluding hydrogens is 253 g/mol. The number of hydrogen-bond acceptors (Lipinski definition) is 4. The Kier molecular flexibility index (Phi) is 3.56. The maximum atomic E-state index is 13.0. The van der Waals surface area contributed by atoms with Crippen LogP contribution in [0.4, 0.5) is 10.1 Å². The number of rotatable bonds is 3. The maximum Gasteiger partial charge on any atom is 0.276 e. The maximum absolute atomic E-state index is 13.0. The van der Waals surface area contributed by atoms with Crippen molar-refractivity contribution in [2.75, 3.05) is 12.4 Å². The first kappa shape index (κ1) is 12.7. The Morgan fingerprint density at radius 2 is 2.16 bits per heavy atom. The summed E-state index contributed by atoms with van der Waals surface area (Å²) in [5, 5.41) is 8.24. The highest BCUT2D eigenvalue weighted by atomic mass is 19.1. The van der Waals surface area contributed by atoms with E-state index >= 15 is 0 Å². The van der Waals surface area contributed by atoms with E-state index in [2.05, 4.69) is 15.5 Å². The molecule has 0 bridgehead atoms. The van der Waals surface area contributed by atoms with Crippen LogP contribution in [0.15, 0.2) is 35.1 Å². The first-order valence-electron chi connectivity index (χ1n) is 5.31. The van der Waals surface area contributed by atoms with E-state index in [1.807, 2.05) is 0 Å². The summed E-state index contributed by atoms with van der Waals surface area (Å²) in [6.07, 6.45) is 0. The number of anilines is 1. The summed E-state index contributed by atoms with van der Waals surface area (Å²) in [5.74, 6) is -0.823. The Bertz CT molecular complexity index is 649. The van der Waals surface area contributed by atoms with E-state index in [9.17, 15) is 14.0 Å². The highest BCUT2D eigenvalue weighted by Crippen LogP contribution is 2.25. The standard InChI is InChI=1S/C12H10FN3O3/c1-19-10-6-7(13)2-3-8(10)14-12(18)9-4-5-11(17)16-15-9/h2-6H,1H3,(H,14,18)(H,16,17). The smallest absolute Gasteiger partial charge is 0.276 e. The van der Waals surface area contributed by atoms with Gasteiger partial charge >= 0.3 is 0 Å². The number of ether oxygens (including phenoxy) is 1. The van der Waals surface area contributed by atoms with Gasteiger partial charge in [0, 0.05) is 12.1 Å². The van der Waals surface area contributed by atoms with Crippen molar-refractivity contribution >= 4 is 11.6 Å². The second-order valence-corrected chi connectivity index (χ2v) is 3.61. The van der Waals surface area contributed by atoms with E-state index in [0.29, 0.717) is 5.69 Å². The molecule has 19 heavy (non-hydrogen) atoms. The molecule has 6 nitrogen and oxygen atoms in total. The quantitative estimate of drug-likeness (QED) is 0.870. The number of benzene rings is 1. The highest BCUT2D eigenvalue weighted by Gasteiger charge is 2.11. The van der Waals surface area contributed by atoms with Gasteiger partial charge in [-0.1, -0.05) is 0 Å². The number of amides is 1. The SMILES string of the molecule is COc1cc(F)ccc1NC(=O)c1ccc(=O)[nH]n1. The van der Waals surface area contributed by atoms with Crippen LogP contribution < -0.4 is 15.6 Å². The monoisotopic (exact) mass is 263 g/mol. The van der Waals surface area contributed by atoms with Gasteiger partial charge in [-0.3, -0.25) is 9.59 Å². The summed E-state index contributed by atoms with van der Waals surface area (Å²) < 4.78 is 17.9. The van der Waals surface area contributed by atoms with Crippen LogP contribution in [0.25, 0.3) is 0 Å². The average molecular weight is 263 g/mol. The van der Waals surface area contributed by atoms with Crippen molar-refractivity contribution in [2.24, 2.45) is 0 Å². The molecule has 0 fully saturated rings. The lowest BCUT2D eigenvalue weighted by Crippen LogP contribution is -2.17. The first-order chi connectivity index (χ1) is 9.10. The van der Waals surface area contributed by atoms with E-state index in [1.54, 1.807) is 0 Å². The van der Waals surface area contributed by atoms with Gasteiger partial charge in [0.25, 0.3) is 11.5 Å². The molecular formula is C12H10FN3O3. The van der Waals surface area contributed by atoms with Crippen molar-refractivity contribution in [2.45, 2.75) is 0 Å². The Labute approximate surface area is 107 Å². The first-order valence-corrected chi connectivity index (χ1v) is 5.31. The van der Waals surface area contributed by atoms with Crippen molar-refractivity contribution in [3.63, 3.8) is 0 Å². The molecule has 1 heterocycles. The van der Waals surface area contributed by atoms with Gasteiger partial charge in [0.2, 0.25) is 0 Å². The Balaban J connectivity index is 2.23. The zero-order chi connectivity index (χ0) is 13.8. The molecule has 7 heteroatoms. The van der Waals surface area contributed by atoms with E-state index in [-0.39, 0.29) is 11.4 Å². The summed E-state index contributed by atoms with van der Waals surface area (Å²) in [5.41, 5.74) is -0.0659. The van der Waals surface area contributed by atoms with Crippen LogP contribution >= 0.6 is 0 Å². The lowest BCUT2D eigenvalue weighted by Gasteiger charge is -2.09. The zero-order valence-electron chi connectivity index (χ0n) is 9.94. The van der Waals surface area contributed by atoms with Gasteiger partial charge in [-0.25, -0.2) is 9.49 Å². The van der Waals surface area contributed by atoms with Crippen LogP contribution in [0, 0.1) is 5.82 Å². The van der Waals surface area contributed by atoms with E-state index < -0.39 is 17.3 Å². The number of carbonyl (C=O) groups excluding carboxylic acids is 1. The molecule has 0 unspecified atom stereocenters. The lowest BCUT2D eigenvalue weighted by atomic mass is 10.2.